The third-order valence-corrected chi connectivity index (χ3v) is 4.22. The van der Waals surface area contributed by atoms with E-state index in [1.807, 2.05) is 18.1 Å². The van der Waals surface area contributed by atoms with Crippen molar-refractivity contribution in [2.24, 2.45) is 0 Å². The number of hydrogen-bond donors (Lipinski definition) is 1. The highest BCUT2D eigenvalue weighted by molar-refractivity contribution is 7.11. The highest BCUT2D eigenvalue weighted by atomic mass is 32.1. The smallest absolute Gasteiger partial charge is 0.123 e. The Balaban J connectivity index is 1.90. The van der Waals surface area contributed by atoms with Crippen molar-refractivity contribution >= 4 is 11.3 Å². The molecule has 0 amide bonds. The van der Waals surface area contributed by atoms with Gasteiger partial charge in [-0.05, 0) is 31.2 Å². The SMILES string of the molecule is CCc1cnc(CN(C)CC(O)c2ccc(F)cc2)s1. The second kappa shape index (κ2) is 6.92. The maximum Gasteiger partial charge on any atom is 0.123 e. The number of halogens is 1. The van der Waals surface area contributed by atoms with Gasteiger partial charge in [0.05, 0.1) is 12.6 Å². The van der Waals surface area contributed by atoms with Gasteiger partial charge in [0.25, 0.3) is 0 Å². The number of benzene rings is 1. The Bertz CT molecular complexity index is 541. The molecule has 2 rings (SSSR count). The van der Waals surface area contributed by atoms with Crippen molar-refractivity contribution in [3.8, 4) is 0 Å². The molecule has 0 aliphatic carbocycles. The summed E-state index contributed by atoms with van der Waals surface area (Å²) < 4.78 is 12.8. The van der Waals surface area contributed by atoms with Crippen molar-refractivity contribution in [3.05, 3.63) is 51.7 Å². The fourth-order valence-electron chi connectivity index (χ4n) is 1.97. The molecule has 0 radical (unpaired) electrons. The Morgan fingerprint density at radius 3 is 2.65 bits per heavy atom. The van der Waals surface area contributed by atoms with Crippen LogP contribution in [0.5, 0.6) is 0 Å². The van der Waals surface area contributed by atoms with Crippen LogP contribution in [0.4, 0.5) is 4.39 Å². The second-order valence-corrected chi connectivity index (χ2v) is 6.04. The summed E-state index contributed by atoms with van der Waals surface area (Å²) in [5.41, 5.74) is 0.728. The molecule has 20 heavy (non-hydrogen) atoms. The van der Waals surface area contributed by atoms with Crippen LogP contribution < -0.4 is 0 Å². The molecule has 0 saturated carbocycles. The first-order valence-electron chi connectivity index (χ1n) is 6.64. The molecule has 1 heterocycles. The molecule has 1 N–H and O–H groups in total. The third kappa shape index (κ3) is 4.10. The van der Waals surface area contributed by atoms with Crippen molar-refractivity contribution in [1.82, 2.24) is 9.88 Å². The lowest BCUT2D eigenvalue weighted by atomic mass is 10.1. The normalized spacial score (nSPS) is 12.8. The molecule has 2 aromatic rings. The third-order valence-electron chi connectivity index (χ3n) is 3.09. The molecule has 0 saturated heterocycles. The van der Waals surface area contributed by atoms with Crippen molar-refractivity contribution in [2.75, 3.05) is 13.6 Å². The highest BCUT2D eigenvalue weighted by Crippen LogP contribution is 2.18. The second-order valence-electron chi connectivity index (χ2n) is 4.84. The molecule has 108 valence electrons. The summed E-state index contributed by atoms with van der Waals surface area (Å²) in [6, 6.07) is 5.97. The first-order chi connectivity index (χ1) is 9.58. The van der Waals surface area contributed by atoms with Crippen molar-refractivity contribution < 1.29 is 9.50 Å². The number of aliphatic hydroxyl groups is 1. The van der Waals surface area contributed by atoms with Gasteiger partial charge in [0.1, 0.15) is 10.8 Å². The van der Waals surface area contributed by atoms with Gasteiger partial charge in [0, 0.05) is 17.6 Å². The van der Waals surface area contributed by atoms with E-state index in [9.17, 15) is 9.50 Å². The number of likely N-dealkylation sites (N-methyl/N-ethyl adjacent to an activating group) is 1. The molecule has 0 spiro atoms. The Morgan fingerprint density at radius 2 is 2.05 bits per heavy atom. The quantitative estimate of drug-likeness (QED) is 0.889. The molecule has 0 aliphatic rings. The van der Waals surface area contributed by atoms with Crippen LogP contribution in [0.25, 0.3) is 0 Å². The number of aryl methyl sites for hydroxylation is 1. The van der Waals surface area contributed by atoms with Crippen molar-refractivity contribution in [3.63, 3.8) is 0 Å². The van der Waals surface area contributed by atoms with Gasteiger partial charge in [-0.25, -0.2) is 9.37 Å². The van der Waals surface area contributed by atoms with E-state index in [0.717, 1.165) is 17.0 Å². The van der Waals surface area contributed by atoms with E-state index in [1.54, 1.807) is 23.5 Å². The minimum atomic E-state index is -0.619. The van der Waals surface area contributed by atoms with Gasteiger partial charge >= 0.3 is 0 Å². The summed E-state index contributed by atoms with van der Waals surface area (Å²) in [4.78, 5) is 7.66. The molecule has 0 aliphatic heterocycles. The molecule has 0 fully saturated rings. The molecule has 1 unspecified atom stereocenters. The molecule has 0 bridgehead atoms. The summed E-state index contributed by atoms with van der Waals surface area (Å²) in [7, 11) is 1.94. The summed E-state index contributed by atoms with van der Waals surface area (Å²) in [6.45, 7) is 3.31. The fourth-order valence-corrected chi connectivity index (χ4v) is 2.91. The Morgan fingerprint density at radius 1 is 1.35 bits per heavy atom. The van der Waals surface area contributed by atoms with E-state index >= 15 is 0 Å². The predicted octanol–water partition coefficient (Wildman–Crippen LogP) is 3.01. The summed E-state index contributed by atoms with van der Waals surface area (Å²) in [5, 5.41) is 11.2. The zero-order chi connectivity index (χ0) is 14.5. The molecule has 3 nitrogen and oxygen atoms in total. The molecular weight excluding hydrogens is 275 g/mol. The van der Waals surface area contributed by atoms with E-state index in [-0.39, 0.29) is 5.82 Å². The van der Waals surface area contributed by atoms with Crippen molar-refractivity contribution in [2.45, 2.75) is 26.0 Å². The fraction of sp³-hybridized carbons (Fsp3) is 0.400. The summed E-state index contributed by atoms with van der Waals surface area (Å²) >= 11 is 1.70. The Kier molecular flexibility index (Phi) is 5.23. The van der Waals surface area contributed by atoms with Crippen LogP contribution in [-0.4, -0.2) is 28.6 Å². The topological polar surface area (TPSA) is 36.4 Å². The standard InChI is InChI=1S/C15H19FN2OS/c1-3-13-8-17-15(20-13)10-18(2)9-14(19)11-4-6-12(16)7-5-11/h4-8,14,19H,3,9-10H2,1-2H3. The molecule has 1 atom stereocenters. The van der Waals surface area contributed by atoms with Crippen molar-refractivity contribution in [1.29, 1.82) is 0 Å². The zero-order valence-electron chi connectivity index (χ0n) is 11.7. The number of rotatable bonds is 6. The zero-order valence-corrected chi connectivity index (χ0v) is 12.5. The van der Waals surface area contributed by atoms with Crippen LogP contribution in [0.3, 0.4) is 0 Å². The molecule has 1 aromatic carbocycles. The minimum absolute atomic E-state index is 0.288. The van der Waals surface area contributed by atoms with E-state index in [1.165, 1.54) is 17.0 Å². The Labute approximate surface area is 122 Å². The maximum absolute atomic E-state index is 12.8. The largest absolute Gasteiger partial charge is 0.387 e. The summed E-state index contributed by atoms with van der Waals surface area (Å²) in [6.07, 6.45) is 2.29. The van der Waals surface area contributed by atoms with Gasteiger partial charge in [-0.1, -0.05) is 19.1 Å². The van der Waals surface area contributed by atoms with E-state index < -0.39 is 6.10 Å². The number of thiazole rings is 1. The maximum atomic E-state index is 12.8. The lowest BCUT2D eigenvalue weighted by Crippen LogP contribution is -2.24. The van der Waals surface area contributed by atoms with Crippen LogP contribution in [-0.2, 0) is 13.0 Å². The van der Waals surface area contributed by atoms with E-state index in [4.69, 9.17) is 0 Å². The van der Waals surface area contributed by atoms with E-state index in [0.29, 0.717) is 13.1 Å². The lowest BCUT2D eigenvalue weighted by Gasteiger charge is -2.19. The van der Waals surface area contributed by atoms with Crippen LogP contribution >= 0.6 is 11.3 Å². The monoisotopic (exact) mass is 294 g/mol. The predicted molar refractivity (Wildman–Crippen MR) is 79.2 cm³/mol. The van der Waals surface area contributed by atoms with Gasteiger partial charge in [-0.2, -0.15) is 0 Å². The van der Waals surface area contributed by atoms with Crippen LogP contribution in [0.2, 0.25) is 0 Å². The van der Waals surface area contributed by atoms with Crippen LogP contribution in [0, 0.1) is 5.82 Å². The molecule has 5 heteroatoms. The van der Waals surface area contributed by atoms with Gasteiger partial charge < -0.3 is 5.11 Å². The van der Waals surface area contributed by atoms with Gasteiger partial charge in [0.15, 0.2) is 0 Å². The molecular formula is C15H19FN2OS. The number of hydrogen-bond acceptors (Lipinski definition) is 4. The van der Waals surface area contributed by atoms with Gasteiger partial charge in [0.2, 0.25) is 0 Å². The number of aliphatic hydroxyl groups excluding tert-OH is 1. The average Bonchev–Trinajstić information content (AvgIpc) is 2.86. The first-order valence-corrected chi connectivity index (χ1v) is 7.45. The minimum Gasteiger partial charge on any atom is -0.387 e. The summed E-state index contributed by atoms with van der Waals surface area (Å²) in [5.74, 6) is -0.288. The van der Waals surface area contributed by atoms with Crippen LogP contribution in [0.1, 0.15) is 28.5 Å². The number of aromatic nitrogens is 1. The molecule has 1 aromatic heterocycles. The number of nitrogens with zero attached hydrogens (tertiary/aromatic N) is 2. The highest BCUT2D eigenvalue weighted by Gasteiger charge is 2.12. The first kappa shape index (κ1) is 15.1. The van der Waals surface area contributed by atoms with Gasteiger partial charge in [-0.15, -0.1) is 11.3 Å². The lowest BCUT2D eigenvalue weighted by molar-refractivity contribution is 0.123. The Hall–Kier alpha value is -1.30. The average molecular weight is 294 g/mol. The van der Waals surface area contributed by atoms with Crippen LogP contribution in [0.15, 0.2) is 30.5 Å². The van der Waals surface area contributed by atoms with Gasteiger partial charge in [-0.3, -0.25) is 4.90 Å². The van der Waals surface area contributed by atoms with E-state index in [2.05, 4.69) is 11.9 Å².